The van der Waals surface area contributed by atoms with Gasteiger partial charge in [0.05, 0.1) is 5.25 Å². The van der Waals surface area contributed by atoms with Gasteiger partial charge in [-0.15, -0.1) is 10.2 Å². The van der Waals surface area contributed by atoms with Gasteiger partial charge in [-0.25, -0.2) is 4.68 Å². The fourth-order valence-corrected chi connectivity index (χ4v) is 3.54. The third kappa shape index (κ3) is 5.51. The van der Waals surface area contributed by atoms with Crippen LogP contribution in [0.15, 0.2) is 53.7 Å². The van der Waals surface area contributed by atoms with Crippen molar-refractivity contribution in [2.24, 2.45) is 0 Å². The predicted molar refractivity (Wildman–Crippen MR) is 114 cm³/mol. The van der Waals surface area contributed by atoms with Crippen LogP contribution in [0.1, 0.15) is 29.4 Å². The van der Waals surface area contributed by atoms with Gasteiger partial charge < -0.3 is 15.9 Å². The number of hydrogen-bond donors (Lipinski definition) is 2. The number of nitrogens with two attached hydrogens (primary N) is 1. The number of hydrogen-bond acceptors (Lipinski definition) is 6. The van der Waals surface area contributed by atoms with Gasteiger partial charge in [0.15, 0.2) is 5.82 Å². The van der Waals surface area contributed by atoms with Crippen LogP contribution in [-0.4, -0.2) is 26.0 Å². The molecule has 0 aliphatic rings. The Hall–Kier alpha value is -3.00. The number of thioether (sulfide) groups is 1. The largest absolute Gasteiger partial charge is 0.485 e. The van der Waals surface area contributed by atoms with Crippen molar-refractivity contribution in [3.63, 3.8) is 0 Å². The summed E-state index contributed by atoms with van der Waals surface area (Å²) in [5, 5.41) is 11.2. The quantitative estimate of drug-likeness (QED) is 0.437. The average Bonchev–Trinajstić information content (AvgIpc) is 3.05. The highest BCUT2D eigenvalue weighted by atomic mass is 32.2. The number of aryl methyl sites for hydroxylation is 2. The van der Waals surface area contributed by atoms with Crippen LogP contribution >= 0.6 is 11.8 Å². The molecule has 1 heterocycles. The van der Waals surface area contributed by atoms with Crippen molar-refractivity contribution >= 4 is 17.7 Å². The van der Waals surface area contributed by atoms with E-state index in [9.17, 15) is 4.79 Å². The van der Waals surface area contributed by atoms with Crippen LogP contribution in [0.4, 0.5) is 0 Å². The molecule has 3 aromatic rings. The highest BCUT2D eigenvalue weighted by molar-refractivity contribution is 8.00. The molecule has 0 spiro atoms. The Labute approximate surface area is 174 Å². The lowest BCUT2D eigenvalue weighted by Crippen LogP contribution is -2.31. The first kappa shape index (κ1) is 20.7. The van der Waals surface area contributed by atoms with Gasteiger partial charge in [-0.1, -0.05) is 59.8 Å². The van der Waals surface area contributed by atoms with E-state index in [1.54, 1.807) is 0 Å². The fraction of sp³-hybridized carbons (Fsp3) is 0.286. The average molecular weight is 412 g/mol. The summed E-state index contributed by atoms with van der Waals surface area (Å²) >= 11 is 1.26. The molecular weight excluding hydrogens is 386 g/mol. The first-order chi connectivity index (χ1) is 13.9. The summed E-state index contributed by atoms with van der Waals surface area (Å²) < 4.78 is 7.19. The number of nitrogens with one attached hydrogen (secondary N) is 1. The van der Waals surface area contributed by atoms with E-state index in [-0.39, 0.29) is 17.8 Å². The van der Waals surface area contributed by atoms with Crippen molar-refractivity contribution in [1.29, 1.82) is 0 Å². The highest BCUT2D eigenvalue weighted by Crippen LogP contribution is 2.23. The molecule has 1 amide bonds. The zero-order valence-electron chi connectivity index (χ0n) is 16.8. The van der Waals surface area contributed by atoms with E-state index in [0.29, 0.717) is 17.5 Å². The second-order valence-electron chi connectivity index (χ2n) is 6.79. The number of nitrogens with zero attached hydrogens (tertiary/aromatic N) is 3. The summed E-state index contributed by atoms with van der Waals surface area (Å²) in [5.74, 6) is 7.28. The fourth-order valence-electron chi connectivity index (χ4n) is 2.73. The second kappa shape index (κ2) is 9.47. The van der Waals surface area contributed by atoms with Crippen molar-refractivity contribution in [2.75, 3.05) is 5.84 Å². The zero-order valence-corrected chi connectivity index (χ0v) is 17.6. The molecule has 0 aliphatic heterocycles. The molecule has 0 radical (unpaired) electrons. The minimum absolute atomic E-state index is 0.0880. The number of benzene rings is 2. The van der Waals surface area contributed by atoms with E-state index in [1.165, 1.54) is 22.0 Å². The van der Waals surface area contributed by atoms with Crippen molar-refractivity contribution in [1.82, 2.24) is 20.2 Å². The Morgan fingerprint density at radius 1 is 1.21 bits per heavy atom. The zero-order chi connectivity index (χ0) is 20.8. The maximum atomic E-state index is 12.4. The van der Waals surface area contributed by atoms with E-state index in [4.69, 9.17) is 10.6 Å². The maximum Gasteiger partial charge on any atom is 0.233 e. The summed E-state index contributed by atoms with van der Waals surface area (Å²) in [4.78, 5) is 12.4. The van der Waals surface area contributed by atoms with E-state index in [2.05, 4.69) is 21.6 Å². The first-order valence-corrected chi connectivity index (χ1v) is 10.2. The van der Waals surface area contributed by atoms with Crippen molar-refractivity contribution < 1.29 is 9.53 Å². The van der Waals surface area contributed by atoms with Crippen LogP contribution in [0.25, 0.3) is 0 Å². The lowest BCUT2D eigenvalue weighted by Gasteiger charge is -2.12. The molecule has 0 bridgehead atoms. The van der Waals surface area contributed by atoms with Crippen LogP contribution in [0.2, 0.25) is 0 Å². The normalized spacial score (nSPS) is 11.8. The SMILES string of the molecule is Cc1ccc(OCc2nnc(S[C@H](C)C(=O)NCc3ccccc3)n2N)c(C)c1. The summed E-state index contributed by atoms with van der Waals surface area (Å²) in [7, 11) is 0. The van der Waals surface area contributed by atoms with Gasteiger partial charge in [-0.05, 0) is 38.0 Å². The van der Waals surface area contributed by atoms with E-state index in [1.807, 2.05) is 63.2 Å². The number of nitrogen functional groups attached to an aromatic ring is 1. The monoisotopic (exact) mass is 411 g/mol. The molecule has 7 nitrogen and oxygen atoms in total. The minimum Gasteiger partial charge on any atom is -0.485 e. The van der Waals surface area contributed by atoms with Crippen LogP contribution in [-0.2, 0) is 17.9 Å². The Balaban J connectivity index is 1.55. The molecule has 3 N–H and O–H groups in total. The lowest BCUT2D eigenvalue weighted by molar-refractivity contribution is -0.120. The molecule has 1 atom stereocenters. The van der Waals surface area contributed by atoms with Gasteiger partial charge >= 0.3 is 0 Å². The first-order valence-electron chi connectivity index (χ1n) is 9.31. The minimum atomic E-state index is -0.363. The molecule has 1 aromatic heterocycles. The Morgan fingerprint density at radius 2 is 1.97 bits per heavy atom. The Kier molecular flexibility index (Phi) is 6.77. The third-order valence-corrected chi connectivity index (χ3v) is 5.44. The Morgan fingerprint density at radius 3 is 2.69 bits per heavy atom. The number of carbonyl (C=O) groups excluding carboxylic acids is 1. The molecule has 0 aliphatic carbocycles. The van der Waals surface area contributed by atoms with Crippen molar-refractivity contribution in [3.05, 3.63) is 71.0 Å². The van der Waals surface area contributed by atoms with Crippen LogP contribution in [0.5, 0.6) is 5.75 Å². The molecule has 152 valence electrons. The van der Waals surface area contributed by atoms with Crippen molar-refractivity contribution in [2.45, 2.75) is 44.3 Å². The molecule has 0 saturated heterocycles. The molecule has 8 heteroatoms. The molecule has 3 rings (SSSR count). The van der Waals surface area contributed by atoms with E-state index < -0.39 is 0 Å². The topological polar surface area (TPSA) is 95.1 Å². The number of rotatable bonds is 8. The van der Waals surface area contributed by atoms with Crippen LogP contribution < -0.4 is 15.9 Å². The summed E-state index contributed by atoms with van der Waals surface area (Å²) in [6, 6.07) is 15.7. The predicted octanol–water partition coefficient (Wildman–Crippen LogP) is 2.98. The highest BCUT2D eigenvalue weighted by Gasteiger charge is 2.19. The van der Waals surface area contributed by atoms with E-state index >= 15 is 0 Å². The number of amides is 1. The molecule has 0 fully saturated rings. The molecule has 2 aromatic carbocycles. The van der Waals surface area contributed by atoms with Crippen LogP contribution in [0.3, 0.4) is 0 Å². The number of ether oxygens (including phenoxy) is 1. The molecular formula is C21H25N5O2S. The summed E-state index contributed by atoms with van der Waals surface area (Å²) in [6.45, 7) is 6.52. The summed E-state index contributed by atoms with van der Waals surface area (Å²) in [5.41, 5.74) is 3.27. The molecule has 0 unspecified atom stereocenters. The van der Waals surface area contributed by atoms with Gasteiger partial charge in [0.25, 0.3) is 0 Å². The number of aromatic nitrogens is 3. The summed E-state index contributed by atoms with van der Waals surface area (Å²) in [6.07, 6.45) is 0. The standard InChI is InChI=1S/C21H25N5O2S/c1-14-9-10-18(15(2)11-14)28-13-19-24-25-21(26(19)22)29-16(3)20(27)23-12-17-7-5-4-6-8-17/h4-11,16H,12-13,22H2,1-3H3,(H,23,27)/t16-/m1/s1. The molecule has 29 heavy (non-hydrogen) atoms. The van der Waals surface area contributed by atoms with E-state index in [0.717, 1.165) is 16.9 Å². The Bertz CT molecular complexity index is 974. The van der Waals surface area contributed by atoms with Crippen molar-refractivity contribution in [3.8, 4) is 5.75 Å². The third-order valence-electron chi connectivity index (χ3n) is 4.38. The van der Waals surface area contributed by atoms with Gasteiger partial charge in [-0.2, -0.15) is 0 Å². The smallest absolute Gasteiger partial charge is 0.233 e. The van der Waals surface area contributed by atoms with Crippen LogP contribution in [0, 0.1) is 13.8 Å². The van der Waals surface area contributed by atoms with Gasteiger partial charge in [0.1, 0.15) is 12.4 Å². The van der Waals surface area contributed by atoms with Gasteiger partial charge in [0.2, 0.25) is 11.1 Å². The number of carbonyl (C=O) groups is 1. The maximum absolute atomic E-state index is 12.4. The molecule has 0 saturated carbocycles. The van der Waals surface area contributed by atoms with Gasteiger partial charge in [-0.3, -0.25) is 4.79 Å². The van der Waals surface area contributed by atoms with Gasteiger partial charge in [0, 0.05) is 6.54 Å². The lowest BCUT2D eigenvalue weighted by atomic mass is 10.1. The second-order valence-corrected chi connectivity index (χ2v) is 8.10.